The highest BCUT2D eigenvalue weighted by Gasteiger charge is 2.35. The van der Waals surface area contributed by atoms with E-state index in [1.54, 1.807) is 28.2 Å². The molecule has 11 heteroatoms. The number of amides is 1. The fourth-order valence-electron chi connectivity index (χ4n) is 3.96. The van der Waals surface area contributed by atoms with E-state index >= 15 is 0 Å². The van der Waals surface area contributed by atoms with E-state index in [2.05, 4.69) is 15.6 Å². The highest BCUT2D eigenvalue weighted by atomic mass is 32.2. The van der Waals surface area contributed by atoms with Gasteiger partial charge in [0.25, 0.3) is 11.6 Å². The van der Waals surface area contributed by atoms with Crippen LogP contribution in [0.2, 0.25) is 0 Å². The quantitative estimate of drug-likeness (QED) is 0.181. The summed E-state index contributed by atoms with van der Waals surface area (Å²) in [6.45, 7) is 3.83. The molecule has 2 aromatic heterocycles. The van der Waals surface area contributed by atoms with Gasteiger partial charge in [0.2, 0.25) is 11.1 Å². The summed E-state index contributed by atoms with van der Waals surface area (Å²) >= 11 is 2.98. The van der Waals surface area contributed by atoms with E-state index in [0.717, 1.165) is 21.7 Å². The summed E-state index contributed by atoms with van der Waals surface area (Å²) in [6, 6.07) is 17.6. The Morgan fingerprint density at radius 1 is 1.17 bits per heavy atom. The first-order chi connectivity index (χ1) is 17.4. The van der Waals surface area contributed by atoms with E-state index in [-0.39, 0.29) is 11.6 Å². The number of hydrogen-bond donors (Lipinski definition) is 2. The number of aromatic nitrogens is 3. The van der Waals surface area contributed by atoms with Crippen molar-refractivity contribution in [1.82, 2.24) is 14.8 Å². The van der Waals surface area contributed by atoms with E-state index < -0.39 is 11.0 Å². The minimum Gasteiger partial charge on any atom is -0.328 e. The second-order valence-corrected chi connectivity index (χ2v) is 10.1. The van der Waals surface area contributed by atoms with Crippen LogP contribution in [-0.2, 0) is 10.5 Å². The summed E-state index contributed by atoms with van der Waals surface area (Å²) in [5.41, 5.74) is 4.01. The van der Waals surface area contributed by atoms with Crippen molar-refractivity contribution < 1.29 is 9.72 Å². The standard InChI is InChI=1S/C25H22N6O3S2/c1-15-6-3-4-7-19(15)27-23(32)21-16(2)26-24-28-25(29-30(24)22(21)20-8-5-13-35-20)36-14-17-9-11-18(12-10-17)31(33)34/h3-13,22H,14H2,1-2H3,(H,27,32)(H,26,28,29). The third-order valence-corrected chi connectivity index (χ3v) is 7.63. The van der Waals surface area contributed by atoms with Crippen LogP contribution < -0.4 is 10.6 Å². The van der Waals surface area contributed by atoms with Crippen LogP contribution in [0.25, 0.3) is 0 Å². The number of para-hydroxylation sites is 1. The fourth-order valence-corrected chi connectivity index (χ4v) is 5.56. The number of carbonyl (C=O) groups excluding carboxylic acids is 1. The highest BCUT2D eigenvalue weighted by Crippen LogP contribution is 2.38. The third-order valence-electron chi connectivity index (χ3n) is 5.80. The second kappa shape index (κ2) is 9.96. The van der Waals surface area contributed by atoms with E-state index in [1.807, 2.05) is 55.6 Å². The molecule has 3 heterocycles. The topological polar surface area (TPSA) is 115 Å². The fraction of sp³-hybridized carbons (Fsp3) is 0.160. The van der Waals surface area contributed by atoms with Gasteiger partial charge >= 0.3 is 0 Å². The second-order valence-electron chi connectivity index (χ2n) is 8.23. The number of carbonyl (C=O) groups is 1. The number of allylic oxidation sites excluding steroid dienone is 1. The van der Waals surface area contributed by atoms with Crippen molar-refractivity contribution in [3.63, 3.8) is 0 Å². The van der Waals surface area contributed by atoms with Gasteiger partial charge in [-0.3, -0.25) is 14.9 Å². The molecule has 1 amide bonds. The molecule has 0 aliphatic carbocycles. The van der Waals surface area contributed by atoms with Gasteiger partial charge in [-0.25, -0.2) is 4.68 Å². The van der Waals surface area contributed by atoms with Crippen LogP contribution in [0.5, 0.6) is 0 Å². The summed E-state index contributed by atoms with van der Waals surface area (Å²) in [7, 11) is 0. The molecule has 0 saturated carbocycles. The number of hydrogen-bond acceptors (Lipinski definition) is 8. The molecular weight excluding hydrogens is 496 g/mol. The molecule has 2 N–H and O–H groups in total. The molecule has 36 heavy (non-hydrogen) atoms. The maximum Gasteiger partial charge on any atom is 0.269 e. The predicted molar refractivity (Wildman–Crippen MR) is 141 cm³/mol. The number of fused-ring (bicyclic) bond motifs is 1. The van der Waals surface area contributed by atoms with Crippen molar-refractivity contribution >= 4 is 46.3 Å². The molecule has 0 radical (unpaired) electrons. The highest BCUT2D eigenvalue weighted by molar-refractivity contribution is 7.98. The van der Waals surface area contributed by atoms with E-state index in [0.29, 0.717) is 28.1 Å². The van der Waals surface area contributed by atoms with E-state index in [4.69, 9.17) is 5.10 Å². The average Bonchev–Trinajstić information content (AvgIpc) is 3.53. The molecule has 1 aliphatic rings. The number of benzene rings is 2. The smallest absolute Gasteiger partial charge is 0.269 e. The monoisotopic (exact) mass is 518 g/mol. The maximum atomic E-state index is 13.5. The van der Waals surface area contributed by atoms with Crippen LogP contribution >= 0.6 is 23.1 Å². The number of nitrogens with zero attached hydrogens (tertiary/aromatic N) is 4. The summed E-state index contributed by atoms with van der Waals surface area (Å²) in [5, 5.41) is 24.4. The summed E-state index contributed by atoms with van der Waals surface area (Å²) in [6.07, 6.45) is 0. The zero-order valence-electron chi connectivity index (χ0n) is 19.5. The first-order valence-corrected chi connectivity index (χ1v) is 13.0. The molecule has 0 bridgehead atoms. The number of aryl methyl sites for hydroxylation is 1. The number of nitro benzene ring substituents is 1. The minimum atomic E-state index is -0.425. The number of nitro groups is 1. The van der Waals surface area contributed by atoms with Crippen LogP contribution in [0.4, 0.5) is 17.3 Å². The lowest BCUT2D eigenvalue weighted by Crippen LogP contribution is -2.31. The Morgan fingerprint density at radius 2 is 1.94 bits per heavy atom. The minimum absolute atomic E-state index is 0.0559. The lowest BCUT2D eigenvalue weighted by atomic mass is 10.0. The van der Waals surface area contributed by atoms with Crippen molar-refractivity contribution in [2.24, 2.45) is 0 Å². The van der Waals surface area contributed by atoms with Crippen molar-refractivity contribution in [1.29, 1.82) is 0 Å². The van der Waals surface area contributed by atoms with Crippen molar-refractivity contribution in [3.8, 4) is 0 Å². The van der Waals surface area contributed by atoms with Crippen LogP contribution in [0.15, 0.2) is 82.5 Å². The Morgan fingerprint density at radius 3 is 2.64 bits per heavy atom. The third kappa shape index (κ3) is 4.75. The predicted octanol–water partition coefficient (Wildman–Crippen LogP) is 5.78. The molecule has 5 rings (SSSR count). The van der Waals surface area contributed by atoms with Crippen molar-refractivity contribution in [2.45, 2.75) is 30.8 Å². The van der Waals surface area contributed by atoms with Crippen LogP contribution in [0.1, 0.15) is 29.0 Å². The number of rotatable bonds is 7. The van der Waals surface area contributed by atoms with Gasteiger partial charge in [0.15, 0.2) is 0 Å². The number of non-ortho nitro benzene ring substituents is 1. The van der Waals surface area contributed by atoms with Gasteiger partial charge in [0.1, 0.15) is 6.04 Å². The Labute approximate surface area is 215 Å². The van der Waals surface area contributed by atoms with E-state index in [1.165, 1.54) is 23.9 Å². The molecule has 1 atom stereocenters. The van der Waals surface area contributed by atoms with Gasteiger partial charge in [-0.15, -0.1) is 16.4 Å². The average molecular weight is 519 g/mol. The van der Waals surface area contributed by atoms with Gasteiger partial charge < -0.3 is 10.6 Å². The molecule has 0 fully saturated rings. The molecule has 9 nitrogen and oxygen atoms in total. The number of anilines is 2. The Kier molecular flexibility index (Phi) is 6.57. The number of thioether (sulfide) groups is 1. The lowest BCUT2D eigenvalue weighted by Gasteiger charge is -2.27. The van der Waals surface area contributed by atoms with Crippen molar-refractivity contribution in [3.05, 3.63) is 103 Å². The molecular formula is C25H22N6O3S2. The first kappa shape index (κ1) is 23.8. The Bertz CT molecular complexity index is 1460. The molecule has 0 saturated heterocycles. The molecule has 0 spiro atoms. The molecule has 1 unspecified atom stereocenters. The summed E-state index contributed by atoms with van der Waals surface area (Å²) in [5.74, 6) is 0.913. The molecule has 2 aromatic carbocycles. The van der Waals surface area contributed by atoms with Crippen LogP contribution in [0.3, 0.4) is 0 Å². The maximum absolute atomic E-state index is 13.5. The zero-order valence-corrected chi connectivity index (χ0v) is 21.1. The number of thiophene rings is 1. The van der Waals surface area contributed by atoms with Gasteiger partial charge in [0.05, 0.1) is 10.5 Å². The Balaban J connectivity index is 1.42. The molecule has 1 aliphatic heterocycles. The van der Waals surface area contributed by atoms with Gasteiger partial charge in [-0.2, -0.15) is 4.98 Å². The van der Waals surface area contributed by atoms with Gasteiger partial charge in [-0.05, 0) is 42.5 Å². The zero-order chi connectivity index (χ0) is 25.2. The van der Waals surface area contributed by atoms with E-state index in [9.17, 15) is 14.9 Å². The van der Waals surface area contributed by atoms with Crippen LogP contribution in [-0.4, -0.2) is 25.6 Å². The largest absolute Gasteiger partial charge is 0.328 e. The Hall–Kier alpha value is -3.96. The first-order valence-electron chi connectivity index (χ1n) is 11.1. The SMILES string of the molecule is CC1=C(C(=O)Nc2ccccc2C)C(c2cccs2)n2nc(SCc3ccc([N+](=O)[O-])cc3)nc2N1. The molecule has 4 aromatic rings. The van der Waals surface area contributed by atoms with Crippen LogP contribution in [0, 0.1) is 17.0 Å². The van der Waals surface area contributed by atoms with Gasteiger partial charge in [0, 0.05) is 34.1 Å². The van der Waals surface area contributed by atoms with Crippen molar-refractivity contribution in [2.75, 3.05) is 10.6 Å². The normalized spacial score (nSPS) is 14.8. The summed E-state index contributed by atoms with van der Waals surface area (Å²) in [4.78, 5) is 29.6. The van der Waals surface area contributed by atoms with Gasteiger partial charge in [-0.1, -0.05) is 48.2 Å². The molecule has 182 valence electrons. The summed E-state index contributed by atoms with van der Waals surface area (Å²) < 4.78 is 1.75. The lowest BCUT2D eigenvalue weighted by molar-refractivity contribution is -0.384. The number of nitrogens with one attached hydrogen (secondary N) is 2.